The Morgan fingerprint density at radius 1 is 0.912 bits per heavy atom. The highest BCUT2D eigenvalue weighted by Crippen LogP contribution is 2.30. The Balaban J connectivity index is 1.99. The Morgan fingerprint density at radius 2 is 1.65 bits per heavy atom. The summed E-state index contributed by atoms with van der Waals surface area (Å²) >= 11 is 0. The first-order valence-electron chi connectivity index (χ1n) is 11.5. The van der Waals surface area contributed by atoms with E-state index in [1.807, 2.05) is 51.1 Å². The van der Waals surface area contributed by atoms with E-state index in [0.717, 1.165) is 24.1 Å². The molecule has 0 aliphatic heterocycles. The molecule has 0 saturated carbocycles. The predicted molar refractivity (Wildman–Crippen MR) is 135 cm³/mol. The number of ether oxygens (including phenoxy) is 3. The summed E-state index contributed by atoms with van der Waals surface area (Å²) in [5.74, 6) is 1.42. The summed E-state index contributed by atoms with van der Waals surface area (Å²) in [4.78, 5) is 24.1. The van der Waals surface area contributed by atoms with Gasteiger partial charge in [-0.2, -0.15) is 0 Å². The first kappa shape index (κ1) is 26.8. The average molecular weight is 472 g/mol. The van der Waals surface area contributed by atoms with Crippen molar-refractivity contribution in [3.63, 3.8) is 0 Å². The lowest BCUT2D eigenvalue weighted by Gasteiger charge is -2.20. The lowest BCUT2D eigenvalue weighted by molar-refractivity contribution is -0.124. The molecule has 0 heterocycles. The van der Waals surface area contributed by atoms with Gasteiger partial charge in [0.1, 0.15) is 5.75 Å². The largest absolute Gasteiger partial charge is 0.494 e. The van der Waals surface area contributed by atoms with Crippen molar-refractivity contribution in [1.29, 1.82) is 0 Å². The second-order valence-electron chi connectivity index (χ2n) is 8.99. The molecule has 0 spiro atoms. The minimum absolute atomic E-state index is 0.0221. The van der Waals surface area contributed by atoms with E-state index < -0.39 is 0 Å². The molecule has 0 saturated heterocycles. The first-order valence-corrected chi connectivity index (χ1v) is 11.5. The van der Waals surface area contributed by atoms with Crippen LogP contribution in [0.1, 0.15) is 52.5 Å². The van der Waals surface area contributed by atoms with Crippen LogP contribution in [-0.2, 0) is 16.1 Å². The molecule has 0 aliphatic carbocycles. The summed E-state index contributed by atoms with van der Waals surface area (Å²) < 4.78 is 16.5. The number of hydrogen-bond acceptors (Lipinski definition) is 6. The van der Waals surface area contributed by atoms with Crippen LogP contribution in [0.2, 0.25) is 0 Å². The maximum atomic E-state index is 12.0. The number of carbonyl (C=O) groups is 2. The van der Waals surface area contributed by atoms with Crippen molar-refractivity contribution in [3.8, 4) is 17.2 Å². The fourth-order valence-corrected chi connectivity index (χ4v) is 3.20. The van der Waals surface area contributed by atoms with Gasteiger partial charge >= 0.3 is 0 Å². The summed E-state index contributed by atoms with van der Waals surface area (Å²) in [7, 11) is 3.14. The second-order valence-corrected chi connectivity index (χ2v) is 8.99. The number of amides is 2. The van der Waals surface area contributed by atoms with Crippen LogP contribution in [0.15, 0.2) is 36.4 Å². The topological polar surface area (TPSA) is 97.9 Å². The molecule has 0 unspecified atom stereocenters. The molecule has 2 rings (SSSR count). The predicted octanol–water partition coefficient (Wildman–Crippen LogP) is 4.74. The van der Waals surface area contributed by atoms with Gasteiger partial charge < -0.3 is 30.2 Å². The average Bonchev–Trinajstić information content (AvgIpc) is 2.79. The maximum absolute atomic E-state index is 12.0. The number of rotatable bonds is 12. The summed E-state index contributed by atoms with van der Waals surface area (Å²) in [5, 5.41) is 9.11. The number of nitrogens with one attached hydrogen (secondary N) is 3. The van der Waals surface area contributed by atoms with E-state index in [0.29, 0.717) is 35.9 Å². The van der Waals surface area contributed by atoms with Gasteiger partial charge in [-0.05, 0) is 57.0 Å². The Bertz CT molecular complexity index is 969. The Hall–Kier alpha value is -3.42. The minimum atomic E-state index is -0.318. The molecule has 0 bridgehead atoms. The minimum Gasteiger partial charge on any atom is -0.494 e. The van der Waals surface area contributed by atoms with E-state index in [1.54, 1.807) is 20.3 Å². The van der Waals surface area contributed by atoms with Gasteiger partial charge in [-0.15, -0.1) is 0 Å². The van der Waals surface area contributed by atoms with Crippen molar-refractivity contribution < 1.29 is 23.8 Å². The van der Waals surface area contributed by atoms with Crippen LogP contribution in [0.4, 0.5) is 11.4 Å². The van der Waals surface area contributed by atoms with Crippen LogP contribution in [-0.4, -0.2) is 38.2 Å². The molecule has 0 aliphatic rings. The zero-order chi connectivity index (χ0) is 25.1. The van der Waals surface area contributed by atoms with Crippen LogP contribution in [0.25, 0.3) is 0 Å². The monoisotopic (exact) mass is 471 g/mol. The van der Waals surface area contributed by atoms with Crippen molar-refractivity contribution in [1.82, 2.24) is 5.32 Å². The standard InChI is InChI=1S/C26H37N3O5/c1-7-8-9-24(30)28-20-12-11-19(15-22(20)32-5)27-16-18-10-13-21(23(14-18)33-6)34-17-25(31)29-26(2,3)4/h10-15,27H,7-9,16-17H2,1-6H3,(H,28,30)(H,29,31). The van der Waals surface area contributed by atoms with E-state index >= 15 is 0 Å². The fourth-order valence-electron chi connectivity index (χ4n) is 3.20. The number of benzene rings is 2. The summed E-state index contributed by atoms with van der Waals surface area (Å²) in [6.07, 6.45) is 2.31. The number of hydrogen-bond donors (Lipinski definition) is 3. The highest BCUT2D eigenvalue weighted by Gasteiger charge is 2.15. The van der Waals surface area contributed by atoms with Crippen LogP contribution < -0.4 is 30.2 Å². The quantitative estimate of drug-likeness (QED) is 0.414. The van der Waals surface area contributed by atoms with Crippen LogP contribution in [0, 0.1) is 0 Å². The van der Waals surface area contributed by atoms with Gasteiger partial charge in [-0.1, -0.05) is 19.4 Å². The van der Waals surface area contributed by atoms with Crippen molar-refractivity contribution >= 4 is 23.2 Å². The lowest BCUT2D eigenvalue weighted by atomic mass is 10.1. The molecule has 3 N–H and O–H groups in total. The molecule has 0 fully saturated rings. The van der Waals surface area contributed by atoms with Gasteiger partial charge in [0.15, 0.2) is 18.1 Å². The Kier molecular flexibility index (Phi) is 10.0. The molecule has 0 radical (unpaired) electrons. The van der Waals surface area contributed by atoms with E-state index in [1.165, 1.54) is 0 Å². The normalized spacial score (nSPS) is 10.9. The van der Waals surface area contributed by atoms with Gasteiger partial charge in [0, 0.05) is 30.3 Å². The molecule has 2 amide bonds. The molecule has 8 heteroatoms. The van der Waals surface area contributed by atoms with Crippen LogP contribution in [0.5, 0.6) is 17.2 Å². The summed E-state index contributed by atoms with van der Waals surface area (Å²) in [5.41, 5.74) is 2.15. The summed E-state index contributed by atoms with van der Waals surface area (Å²) in [6, 6.07) is 11.1. The zero-order valence-corrected chi connectivity index (χ0v) is 21.0. The van der Waals surface area contributed by atoms with Gasteiger partial charge in [-0.3, -0.25) is 9.59 Å². The molecule has 34 heavy (non-hydrogen) atoms. The van der Waals surface area contributed by atoms with E-state index in [4.69, 9.17) is 14.2 Å². The van der Waals surface area contributed by atoms with Crippen molar-refractivity contribution in [2.24, 2.45) is 0 Å². The van der Waals surface area contributed by atoms with Gasteiger partial charge in [0.05, 0.1) is 19.9 Å². The first-order chi connectivity index (χ1) is 16.1. The third-order valence-corrected chi connectivity index (χ3v) is 4.83. The lowest BCUT2D eigenvalue weighted by Crippen LogP contribution is -2.43. The van der Waals surface area contributed by atoms with Crippen LogP contribution >= 0.6 is 0 Å². The molecule has 0 atom stereocenters. The van der Waals surface area contributed by atoms with Crippen LogP contribution in [0.3, 0.4) is 0 Å². The molecule has 2 aromatic carbocycles. The highest BCUT2D eigenvalue weighted by molar-refractivity contribution is 5.92. The van der Waals surface area contributed by atoms with E-state index in [-0.39, 0.29) is 24.0 Å². The highest BCUT2D eigenvalue weighted by atomic mass is 16.5. The number of methoxy groups -OCH3 is 2. The van der Waals surface area contributed by atoms with E-state index in [2.05, 4.69) is 22.9 Å². The molecular formula is C26H37N3O5. The number of anilines is 2. The van der Waals surface area contributed by atoms with Gasteiger partial charge in [0.2, 0.25) is 5.91 Å². The Labute approximate surface area is 202 Å². The van der Waals surface area contributed by atoms with E-state index in [9.17, 15) is 9.59 Å². The number of unbranched alkanes of at least 4 members (excludes halogenated alkanes) is 1. The van der Waals surface area contributed by atoms with Crippen molar-refractivity contribution in [3.05, 3.63) is 42.0 Å². The second kappa shape index (κ2) is 12.7. The third-order valence-electron chi connectivity index (χ3n) is 4.83. The number of carbonyl (C=O) groups excluding carboxylic acids is 2. The molecular weight excluding hydrogens is 434 g/mol. The summed E-state index contributed by atoms with van der Waals surface area (Å²) in [6.45, 7) is 8.25. The van der Waals surface area contributed by atoms with Crippen molar-refractivity contribution in [2.75, 3.05) is 31.5 Å². The Morgan fingerprint density at radius 3 is 2.29 bits per heavy atom. The maximum Gasteiger partial charge on any atom is 0.258 e. The zero-order valence-electron chi connectivity index (χ0n) is 21.0. The third kappa shape index (κ3) is 8.84. The molecule has 8 nitrogen and oxygen atoms in total. The van der Waals surface area contributed by atoms with Gasteiger partial charge in [-0.25, -0.2) is 0 Å². The fraction of sp³-hybridized carbons (Fsp3) is 0.462. The SMILES string of the molecule is CCCCC(=O)Nc1ccc(NCc2ccc(OCC(=O)NC(C)(C)C)c(OC)c2)cc1OC. The van der Waals surface area contributed by atoms with Crippen molar-refractivity contribution in [2.45, 2.75) is 59.0 Å². The molecule has 186 valence electrons. The molecule has 0 aromatic heterocycles. The smallest absolute Gasteiger partial charge is 0.258 e. The van der Waals surface area contributed by atoms with Gasteiger partial charge in [0.25, 0.3) is 5.91 Å². The molecule has 2 aromatic rings.